The van der Waals surface area contributed by atoms with Gasteiger partial charge in [-0.1, -0.05) is 18.2 Å². The van der Waals surface area contributed by atoms with Crippen molar-refractivity contribution in [3.05, 3.63) is 63.7 Å². The zero-order valence-electron chi connectivity index (χ0n) is 16.9. The summed E-state index contributed by atoms with van der Waals surface area (Å²) in [6, 6.07) is 11.8. The lowest BCUT2D eigenvalue weighted by Crippen LogP contribution is -2.44. The summed E-state index contributed by atoms with van der Waals surface area (Å²) in [5, 5.41) is 14.5. The summed E-state index contributed by atoms with van der Waals surface area (Å²) in [6.45, 7) is 4.97. The maximum absolute atomic E-state index is 12.7. The molecule has 8 heteroatoms. The van der Waals surface area contributed by atoms with Gasteiger partial charge in [-0.25, -0.2) is 0 Å². The number of nitro benzene ring substituents is 1. The van der Waals surface area contributed by atoms with E-state index in [2.05, 4.69) is 10.2 Å². The van der Waals surface area contributed by atoms with E-state index in [-0.39, 0.29) is 23.2 Å². The highest BCUT2D eigenvalue weighted by atomic mass is 16.6. The van der Waals surface area contributed by atoms with Gasteiger partial charge in [0.2, 0.25) is 0 Å². The minimum absolute atomic E-state index is 0.0489. The van der Waals surface area contributed by atoms with E-state index in [0.717, 1.165) is 18.7 Å². The van der Waals surface area contributed by atoms with Gasteiger partial charge in [-0.05, 0) is 32.2 Å². The lowest BCUT2D eigenvalue weighted by atomic mass is 10.1. The Bertz CT molecular complexity index is 894. The molecule has 0 spiro atoms. The predicted molar refractivity (Wildman–Crippen MR) is 112 cm³/mol. The molecule has 0 unspecified atom stereocenters. The second kappa shape index (κ2) is 8.91. The van der Waals surface area contributed by atoms with Gasteiger partial charge < -0.3 is 19.9 Å². The fourth-order valence-corrected chi connectivity index (χ4v) is 3.51. The first kappa shape index (κ1) is 20.6. The van der Waals surface area contributed by atoms with Gasteiger partial charge in [-0.15, -0.1) is 0 Å². The summed E-state index contributed by atoms with van der Waals surface area (Å²) in [6.07, 6.45) is 0. The van der Waals surface area contributed by atoms with Crippen LogP contribution in [-0.2, 0) is 0 Å². The van der Waals surface area contributed by atoms with Crippen molar-refractivity contribution < 1.29 is 14.5 Å². The minimum atomic E-state index is -0.423. The van der Waals surface area contributed by atoms with Crippen molar-refractivity contribution in [3.63, 3.8) is 0 Å². The normalized spacial score (nSPS) is 15.6. The molecule has 1 heterocycles. The van der Waals surface area contributed by atoms with E-state index >= 15 is 0 Å². The number of nitrogens with zero attached hydrogens (tertiary/aromatic N) is 3. The van der Waals surface area contributed by atoms with Crippen LogP contribution in [0.15, 0.2) is 42.5 Å². The highest BCUT2D eigenvalue weighted by Crippen LogP contribution is 2.30. The molecule has 0 saturated carbocycles. The summed E-state index contributed by atoms with van der Waals surface area (Å²) in [7, 11) is 3.61. The predicted octanol–water partition coefficient (Wildman–Crippen LogP) is 2.85. The molecule has 1 saturated heterocycles. The summed E-state index contributed by atoms with van der Waals surface area (Å²) < 4.78 is 5.35. The van der Waals surface area contributed by atoms with Crippen LogP contribution in [0.5, 0.6) is 5.75 Å². The minimum Gasteiger partial charge on any atom is -0.496 e. The third kappa shape index (κ3) is 4.65. The summed E-state index contributed by atoms with van der Waals surface area (Å²) in [4.78, 5) is 28.1. The summed E-state index contributed by atoms with van der Waals surface area (Å²) >= 11 is 0. The molecule has 1 amide bonds. The fraction of sp³-hybridized carbons (Fsp3) is 0.381. The SMILES string of the molecule is COc1ccccc1[C@@H](C)NC(=O)c1ccc(N2CCN(C)CC2)c([N+](=O)[O-])c1. The zero-order chi connectivity index (χ0) is 21.0. The Morgan fingerprint density at radius 1 is 1.17 bits per heavy atom. The van der Waals surface area contributed by atoms with Crippen LogP contribution in [-0.4, -0.2) is 56.1 Å². The van der Waals surface area contributed by atoms with E-state index in [1.165, 1.54) is 6.07 Å². The summed E-state index contributed by atoms with van der Waals surface area (Å²) in [5.41, 5.74) is 1.60. The van der Waals surface area contributed by atoms with Crippen molar-refractivity contribution in [3.8, 4) is 5.75 Å². The molecule has 2 aromatic rings. The van der Waals surface area contributed by atoms with Crippen molar-refractivity contribution in [2.45, 2.75) is 13.0 Å². The number of piperazine rings is 1. The average Bonchev–Trinajstić information content (AvgIpc) is 2.73. The molecule has 154 valence electrons. The lowest BCUT2D eigenvalue weighted by molar-refractivity contribution is -0.384. The third-order valence-corrected chi connectivity index (χ3v) is 5.23. The summed E-state index contributed by atoms with van der Waals surface area (Å²) in [5.74, 6) is 0.313. The Kier molecular flexibility index (Phi) is 6.33. The van der Waals surface area contributed by atoms with Gasteiger partial charge in [0.1, 0.15) is 11.4 Å². The topological polar surface area (TPSA) is 88.0 Å². The maximum atomic E-state index is 12.7. The largest absolute Gasteiger partial charge is 0.496 e. The number of nitrogens with one attached hydrogen (secondary N) is 1. The van der Waals surface area contributed by atoms with Crippen LogP contribution in [0, 0.1) is 10.1 Å². The number of nitro groups is 1. The van der Waals surface area contributed by atoms with Crippen LogP contribution in [0.4, 0.5) is 11.4 Å². The molecule has 1 N–H and O–H groups in total. The van der Waals surface area contributed by atoms with Crippen molar-refractivity contribution in [2.24, 2.45) is 0 Å². The number of likely N-dealkylation sites (N-methyl/N-ethyl adjacent to an activating group) is 1. The first-order chi connectivity index (χ1) is 13.9. The molecule has 2 aromatic carbocycles. The Labute approximate surface area is 170 Å². The van der Waals surface area contributed by atoms with Crippen LogP contribution in [0.1, 0.15) is 28.9 Å². The Morgan fingerprint density at radius 3 is 2.52 bits per heavy atom. The number of carbonyl (C=O) groups is 1. The third-order valence-electron chi connectivity index (χ3n) is 5.23. The second-order valence-corrected chi connectivity index (χ2v) is 7.19. The number of hydrogen-bond acceptors (Lipinski definition) is 6. The molecule has 1 fully saturated rings. The number of hydrogen-bond donors (Lipinski definition) is 1. The van der Waals surface area contributed by atoms with Gasteiger partial charge in [0.15, 0.2) is 0 Å². The maximum Gasteiger partial charge on any atom is 0.293 e. The quantitative estimate of drug-likeness (QED) is 0.595. The number of carbonyl (C=O) groups excluding carboxylic acids is 1. The number of benzene rings is 2. The van der Waals surface area contributed by atoms with Gasteiger partial charge in [-0.3, -0.25) is 14.9 Å². The molecule has 3 rings (SSSR count). The van der Waals surface area contributed by atoms with E-state index in [4.69, 9.17) is 4.74 Å². The number of ether oxygens (including phenoxy) is 1. The van der Waals surface area contributed by atoms with E-state index in [0.29, 0.717) is 24.5 Å². The van der Waals surface area contributed by atoms with Crippen LogP contribution < -0.4 is 15.0 Å². The van der Waals surface area contributed by atoms with Gasteiger partial charge in [0.25, 0.3) is 11.6 Å². The first-order valence-corrected chi connectivity index (χ1v) is 9.56. The van der Waals surface area contributed by atoms with Crippen molar-refractivity contribution in [1.29, 1.82) is 0 Å². The van der Waals surface area contributed by atoms with E-state index in [1.807, 2.05) is 43.1 Å². The first-order valence-electron chi connectivity index (χ1n) is 9.56. The van der Waals surface area contributed by atoms with Crippen LogP contribution in [0.25, 0.3) is 0 Å². The number of para-hydroxylation sites is 1. The molecule has 0 aromatic heterocycles. The van der Waals surface area contributed by atoms with Gasteiger partial charge in [0.05, 0.1) is 18.1 Å². The van der Waals surface area contributed by atoms with Crippen LogP contribution in [0.3, 0.4) is 0 Å². The average molecular weight is 398 g/mol. The van der Waals surface area contributed by atoms with Crippen molar-refractivity contribution >= 4 is 17.3 Å². The van der Waals surface area contributed by atoms with Gasteiger partial charge in [-0.2, -0.15) is 0 Å². The smallest absolute Gasteiger partial charge is 0.293 e. The molecule has 0 bridgehead atoms. The number of rotatable bonds is 6. The second-order valence-electron chi connectivity index (χ2n) is 7.19. The standard InChI is InChI=1S/C21H26N4O4/c1-15(17-6-4-5-7-20(17)29-3)22-21(26)16-8-9-18(19(14-16)25(27)28)24-12-10-23(2)11-13-24/h4-9,14-15H,10-13H2,1-3H3,(H,22,26)/t15-/m1/s1. The van der Waals surface area contributed by atoms with Gasteiger partial charge >= 0.3 is 0 Å². The number of anilines is 1. The van der Waals surface area contributed by atoms with Crippen LogP contribution in [0.2, 0.25) is 0 Å². The molecule has 0 radical (unpaired) electrons. The van der Waals surface area contributed by atoms with E-state index in [1.54, 1.807) is 19.2 Å². The molecule has 8 nitrogen and oxygen atoms in total. The van der Waals surface area contributed by atoms with E-state index in [9.17, 15) is 14.9 Å². The Morgan fingerprint density at radius 2 is 1.86 bits per heavy atom. The number of amides is 1. The molecule has 1 aliphatic rings. The highest BCUT2D eigenvalue weighted by Gasteiger charge is 2.25. The van der Waals surface area contributed by atoms with E-state index < -0.39 is 4.92 Å². The molecule has 1 atom stereocenters. The van der Waals surface area contributed by atoms with Crippen LogP contribution >= 0.6 is 0 Å². The zero-order valence-corrected chi connectivity index (χ0v) is 16.9. The number of methoxy groups -OCH3 is 1. The Hall–Kier alpha value is -3.13. The molecular formula is C21H26N4O4. The fourth-order valence-electron chi connectivity index (χ4n) is 3.51. The highest BCUT2D eigenvalue weighted by molar-refractivity contribution is 5.96. The monoisotopic (exact) mass is 398 g/mol. The molecular weight excluding hydrogens is 372 g/mol. The molecule has 1 aliphatic heterocycles. The Balaban J connectivity index is 1.80. The molecule has 0 aliphatic carbocycles. The lowest BCUT2D eigenvalue weighted by Gasteiger charge is -2.33. The molecule has 29 heavy (non-hydrogen) atoms. The van der Waals surface area contributed by atoms with Gasteiger partial charge in [0, 0.05) is 43.4 Å². The van der Waals surface area contributed by atoms with Crippen molar-refractivity contribution in [2.75, 3.05) is 45.2 Å². The van der Waals surface area contributed by atoms with Crippen molar-refractivity contribution in [1.82, 2.24) is 10.2 Å².